The summed E-state index contributed by atoms with van der Waals surface area (Å²) in [7, 11) is 0. The second kappa shape index (κ2) is 10.3. The number of carbonyl (C=O) groups excluding carboxylic acids is 2. The van der Waals surface area contributed by atoms with E-state index >= 15 is 0 Å². The van der Waals surface area contributed by atoms with Crippen LogP contribution in [0.5, 0.6) is 5.75 Å². The van der Waals surface area contributed by atoms with Crippen LogP contribution in [0.2, 0.25) is 0 Å². The molecule has 0 unspecified atom stereocenters. The first-order valence-corrected chi connectivity index (χ1v) is 11.1. The van der Waals surface area contributed by atoms with Gasteiger partial charge >= 0.3 is 5.97 Å². The molecule has 3 aromatic rings. The van der Waals surface area contributed by atoms with Crippen molar-refractivity contribution in [3.63, 3.8) is 0 Å². The lowest BCUT2D eigenvalue weighted by atomic mass is 10.0. The highest BCUT2D eigenvalue weighted by atomic mass is 32.1. The van der Waals surface area contributed by atoms with Crippen LogP contribution in [0, 0.1) is 30.9 Å². The number of thiophene rings is 1. The summed E-state index contributed by atoms with van der Waals surface area (Å²) in [5.41, 5.74) is 3.52. The highest BCUT2D eigenvalue weighted by molar-refractivity contribution is 7.17. The molecule has 9 heteroatoms. The van der Waals surface area contributed by atoms with Crippen molar-refractivity contribution >= 4 is 33.9 Å². The Morgan fingerprint density at radius 3 is 2.36 bits per heavy atom. The van der Waals surface area contributed by atoms with Crippen LogP contribution in [0.3, 0.4) is 0 Å². The van der Waals surface area contributed by atoms with Crippen molar-refractivity contribution < 1.29 is 24.0 Å². The summed E-state index contributed by atoms with van der Waals surface area (Å²) in [6.07, 6.45) is 0. The van der Waals surface area contributed by atoms with E-state index in [1.165, 1.54) is 23.5 Å². The van der Waals surface area contributed by atoms with E-state index in [0.29, 0.717) is 21.9 Å². The Labute approximate surface area is 195 Å². The van der Waals surface area contributed by atoms with Gasteiger partial charge in [-0.2, -0.15) is 0 Å². The van der Waals surface area contributed by atoms with Crippen LogP contribution in [-0.4, -0.2) is 30.0 Å². The van der Waals surface area contributed by atoms with Crippen LogP contribution in [0.25, 0.3) is 11.1 Å². The number of nitro benzene ring substituents is 1. The Morgan fingerprint density at radius 2 is 1.76 bits per heavy atom. The zero-order valence-electron chi connectivity index (χ0n) is 18.8. The quantitative estimate of drug-likeness (QED) is 0.268. The first kappa shape index (κ1) is 23.9. The molecule has 0 saturated carbocycles. The van der Waals surface area contributed by atoms with E-state index in [9.17, 15) is 19.7 Å². The topological polar surface area (TPSA) is 108 Å². The fraction of sp³-hybridized carbons (Fsp3) is 0.250. The minimum atomic E-state index is -0.583. The molecule has 2 aromatic carbocycles. The molecule has 0 spiro atoms. The first-order chi connectivity index (χ1) is 15.7. The van der Waals surface area contributed by atoms with Gasteiger partial charge in [-0.1, -0.05) is 6.07 Å². The van der Waals surface area contributed by atoms with Crippen molar-refractivity contribution in [2.24, 2.45) is 0 Å². The molecule has 0 radical (unpaired) electrons. The average molecular weight is 469 g/mol. The van der Waals surface area contributed by atoms with E-state index in [2.05, 4.69) is 5.32 Å². The van der Waals surface area contributed by atoms with Gasteiger partial charge in [0.25, 0.3) is 11.6 Å². The van der Waals surface area contributed by atoms with Gasteiger partial charge in [-0.05, 0) is 68.7 Å². The molecule has 8 nitrogen and oxygen atoms in total. The third kappa shape index (κ3) is 5.56. The zero-order chi connectivity index (χ0) is 24.1. The fourth-order valence-corrected chi connectivity index (χ4v) is 4.32. The number of ether oxygens (including phenoxy) is 2. The van der Waals surface area contributed by atoms with Gasteiger partial charge in [0.1, 0.15) is 16.3 Å². The molecular formula is C24H24N2O6S. The molecule has 172 valence electrons. The van der Waals surface area contributed by atoms with Gasteiger partial charge in [-0.25, -0.2) is 4.79 Å². The maximum atomic E-state index is 12.8. The molecule has 1 heterocycles. The van der Waals surface area contributed by atoms with Crippen molar-refractivity contribution in [2.75, 3.05) is 18.5 Å². The van der Waals surface area contributed by atoms with Crippen LogP contribution in [0.4, 0.5) is 10.7 Å². The van der Waals surface area contributed by atoms with E-state index in [4.69, 9.17) is 9.47 Å². The summed E-state index contributed by atoms with van der Waals surface area (Å²) in [6.45, 7) is 7.39. The third-order valence-electron chi connectivity index (χ3n) is 5.03. The monoisotopic (exact) mass is 468 g/mol. The highest BCUT2D eigenvalue weighted by Gasteiger charge is 2.26. The van der Waals surface area contributed by atoms with E-state index in [1.807, 2.05) is 32.9 Å². The first-order valence-electron chi connectivity index (χ1n) is 10.3. The van der Waals surface area contributed by atoms with Gasteiger partial charge in [-0.3, -0.25) is 14.9 Å². The second-order valence-corrected chi connectivity index (χ2v) is 8.57. The summed E-state index contributed by atoms with van der Waals surface area (Å²) in [5, 5.41) is 14.1. The van der Waals surface area contributed by atoms with Crippen LogP contribution >= 0.6 is 11.3 Å². The maximum absolute atomic E-state index is 12.8. The van der Waals surface area contributed by atoms with E-state index in [-0.39, 0.29) is 24.5 Å². The molecule has 0 atom stereocenters. The lowest BCUT2D eigenvalue weighted by molar-refractivity contribution is -0.384. The number of amides is 1. The van der Waals surface area contributed by atoms with Crippen molar-refractivity contribution in [1.29, 1.82) is 0 Å². The lowest BCUT2D eigenvalue weighted by Gasteiger charge is -2.10. The molecule has 1 N–H and O–H groups in total. The minimum Gasteiger partial charge on any atom is -0.484 e. The predicted octanol–water partition coefficient (Wildman–Crippen LogP) is 5.44. The molecule has 3 rings (SSSR count). The van der Waals surface area contributed by atoms with Gasteiger partial charge in [0.05, 0.1) is 11.5 Å². The molecule has 0 aliphatic carbocycles. The summed E-state index contributed by atoms with van der Waals surface area (Å²) >= 11 is 1.23. The summed E-state index contributed by atoms with van der Waals surface area (Å²) in [4.78, 5) is 36.6. The summed E-state index contributed by atoms with van der Waals surface area (Å²) in [6, 6.07) is 11.5. The van der Waals surface area contributed by atoms with Gasteiger partial charge in [0.2, 0.25) is 0 Å². The largest absolute Gasteiger partial charge is 0.484 e. The standard InChI is InChI=1S/C24H24N2O6S/c1-5-31-24(28)22-21(17-7-9-18(10-8-17)26(29)30)16(4)33-23(22)25-20(27)13-32-19-11-6-14(2)15(3)12-19/h6-12H,5,13H2,1-4H3,(H,25,27). The molecule has 0 aliphatic rings. The van der Waals surface area contributed by atoms with E-state index < -0.39 is 16.8 Å². The molecule has 0 saturated heterocycles. The molecule has 0 bridgehead atoms. The number of nitrogens with one attached hydrogen (secondary N) is 1. The number of esters is 1. The molecule has 1 aromatic heterocycles. The summed E-state index contributed by atoms with van der Waals surface area (Å²) < 4.78 is 10.8. The van der Waals surface area contributed by atoms with E-state index in [0.717, 1.165) is 16.0 Å². The van der Waals surface area contributed by atoms with Gasteiger partial charge < -0.3 is 14.8 Å². The molecule has 1 amide bonds. The normalized spacial score (nSPS) is 10.5. The number of hydrogen-bond acceptors (Lipinski definition) is 7. The van der Waals surface area contributed by atoms with Crippen LogP contribution < -0.4 is 10.1 Å². The third-order valence-corrected chi connectivity index (χ3v) is 6.05. The smallest absolute Gasteiger partial charge is 0.341 e. The number of anilines is 1. The Kier molecular flexibility index (Phi) is 7.44. The number of carbonyl (C=O) groups is 2. The van der Waals surface area contributed by atoms with Crippen LogP contribution in [-0.2, 0) is 9.53 Å². The zero-order valence-corrected chi connectivity index (χ0v) is 19.6. The number of benzene rings is 2. The highest BCUT2D eigenvalue weighted by Crippen LogP contribution is 2.40. The van der Waals surface area contributed by atoms with Gasteiger partial charge in [-0.15, -0.1) is 11.3 Å². The van der Waals surface area contributed by atoms with Gasteiger partial charge in [0, 0.05) is 22.6 Å². The average Bonchev–Trinajstić information content (AvgIpc) is 3.10. The fourth-order valence-electron chi connectivity index (χ4n) is 3.24. The van der Waals surface area contributed by atoms with Crippen molar-refractivity contribution in [1.82, 2.24) is 0 Å². The SMILES string of the molecule is CCOC(=O)c1c(NC(=O)COc2ccc(C)c(C)c2)sc(C)c1-c1ccc([N+](=O)[O-])cc1. The number of nitro groups is 1. The molecular weight excluding hydrogens is 444 g/mol. The predicted molar refractivity (Wildman–Crippen MR) is 127 cm³/mol. The Hall–Kier alpha value is -3.72. The number of nitrogens with zero attached hydrogens (tertiary/aromatic N) is 1. The number of aryl methyl sites for hydroxylation is 3. The summed E-state index contributed by atoms with van der Waals surface area (Å²) in [5.74, 6) is -0.427. The Bertz CT molecular complexity index is 1200. The molecule has 33 heavy (non-hydrogen) atoms. The molecule has 0 aliphatic heterocycles. The van der Waals surface area contributed by atoms with Crippen molar-refractivity contribution in [3.05, 3.63) is 74.1 Å². The second-order valence-electron chi connectivity index (χ2n) is 7.34. The lowest BCUT2D eigenvalue weighted by Crippen LogP contribution is -2.21. The number of non-ortho nitro benzene ring substituents is 1. The van der Waals surface area contributed by atoms with Crippen molar-refractivity contribution in [2.45, 2.75) is 27.7 Å². The maximum Gasteiger partial charge on any atom is 0.341 e. The van der Waals surface area contributed by atoms with Gasteiger partial charge in [0.15, 0.2) is 6.61 Å². The number of hydrogen-bond donors (Lipinski definition) is 1. The van der Waals surface area contributed by atoms with Crippen molar-refractivity contribution in [3.8, 4) is 16.9 Å². The molecule has 0 fully saturated rings. The minimum absolute atomic E-state index is 0.0543. The van der Waals surface area contributed by atoms with E-state index in [1.54, 1.807) is 25.1 Å². The van der Waals surface area contributed by atoms with Crippen LogP contribution in [0.15, 0.2) is 42.5 Å². The van der Waals surface area contributed by atoms with Crippen LogP contribution in [0.1, 0.15) is 33.3 Å². The Morgan fingerprint density at radius 1 is 1.06 bits per heavy atom. The Balaban J connectivity index is 1.87. The number of rotatable bonds is 8.